The molecule has 0 spiro atoms. The van der Waals surface area contributed by atoms with E-state index in [9.17, 15) is 9.59 Å². The van der Waals surface area contributed by atoms with E-state index >= 15 is 0 Å². The van der Waals surface area contributed by atoms with Gasteiger partial charge in [-0.3, -0.25) is 9.59 Å². The number of aromatic nitrogens is 1. The van der Waals surface area contributed by atoms with Gasteiger partial charge in [-0.15, -0.1) is 0 Å². The molecule has 0 fully saturated rings. The third kappa shape index (κ3) is 3.34. The van der Waals surface area contributed by atoms with Crippen LogP contribution in [0.15, 0.2) is 28.3 Å². The molecule has 7 heteroatoms. The van der Waals surface area contributed by atoms with Gasteiger partial charge in [0.25, 0.3) is 5.91 Å². The predicted octanol–water partition coefficient (Wildman–Crippen LogP) is -0.171. The number of nitrogens with zero attached hydrogens (tertiary/aromatic N) is 2. The van der Waals surface area contributed by atoms with Crippen molar-refractivity contribution in [1.82, 2.24) is 9.88 Å². The summed E-state index contributed by atoms with van der Waals surface area (Å²) >= 11 is 0. The van der Waals surface area contributed by atoms with Crippen LogP contribution in [-0.4, -0.2) is 40.4 Å². The number of H-pyrrole nitrogens is 1. The van der Waals surface area contributed by atoms with Crippen molar-refractivity contribution >= 4 is 11.7 Å². The van der Waals surface area contributed by atoms with Gasteiger partial charge in [0.05, 0.1) is 0 Å². The zero-order valence-corrected chi connectivity index (χ0v) is 10.3. The monoisotopic (exact) mass is 252 g/mol. The summed E-state index contributed by atoms with van der Waals surface area (Å²) in [6.45, 7) is 2.03. The van der Waals surface area contributed by atoms with Crippen molar-refractivity contribution in [3.8, 4) is 0 Å². The fraction of sp³-hybridized carbons (Fsp3) is 0.364. The van der Waals surface area contributed by atoms with E-state index in [-0.39, 0.29) is 23.2 Å². The second-order valence-electron chi connectivity index (χ2n) is 4.05. The first-order valence-corrected chi connectivity index (χ1v) is 5.37. The number of amides is 1. The van der Waals surface area contributed by atoms with Crippen LogP contribution >= 0.6 is 0 Å². The van der Waals surface area contributed by atoms with Crippen molar-refractivity contribution in [2.24, 2.45) is 16.8 Å². The summed E-state index contributed by atoms with van der Waals surface area (Å²) in [5.41, 5.74) is 5.40. The number of aromatic amines is 1. The Morgan fingerprint density at radius 3 is 2.89 bits per heavy atom. The standard InChI is InChI=1S/C11H16N4O3/c1-7(10(12)14-18)6-15(2)11(17)8-3-4-13-9(16)5-8/h3-5,7,18H,6H2,1-2H3,(H2,12,14)(H,13,16). The number of carbonyl (C=O) groups is 1. The molecule has 18 heavy (non-hydrogen) atoms. The minimum Gasteiger partial charge on any atom is -0.409 e. The third-order valence-corrected chi connectivity index (χ3v) is 2.54. The molecule has 0 aliphatic heterocycles. The minimum atomic E-state index is -0.335. The summed E-state index contributed by atoms with van der Waals surface area (Å²) in [5.74, 6) is -0.509. The number of hydrogen-bond acceptors (Lipinski definition) is 4. The van der Waals surface area contributed by atoms with Crippen molar-refractivity contribution < 1.29 is 10.0 Å². The summed E-state index contributed by atoms with van der Waals surface area (Å²) in [4.78, 5) is 26.9. The highest BCUT2D eigenvalue weighted by Crippen LogP contribution is 2.04. The normalized spacial score (nSPS) is 13.1. The van der Waals surface area contributed by atoms with Crippen molar-refractivity contribution in [2.45, 2.75) is 6.92 Å². The smallest absolute Gasteiger partial charge is 0.253 e. The molecule has 98 valence electrons. The fourth-order valence-corrected chi connectivity index (χ4v) is 1.48. The molecule has 1 heterocycles. The number of hydrogen-bond donors (Lipinski definition) is 3. The number of nitrogens with two attached hydrogens (primary N) is 1. The lowest BCUT2D eigenvalue weighted by molar-refractivity contribution is 0.0786. The highest BCUT2D eigenvalue weighted by Gasteiger charge is 2.16. The Hall–Kier alpha value is -2.31. The number of oxime groups is 1. The zero-order chi connectivity index (χ0) is 13.7. The van der Waals surface area contributed by atoms with E-state index < -0.39 is 0 Å². The third-order valence-electron chi connectivity index (χ3n) is 2.54. The van der Waals surface area contributed by atoms with Crippen LogP contribution < -0.4 is 11.3 Å². The molecule has 0 aliphatic carbocycles. The van der Waals surface area contributed by atoms with Gasteiger partial charge in [0, 0.05) is 37.3 Å². The number of pyridine rings is 1. The van der Waals surface area contributed by atoms with Gasteiger partial charge in [-0.2, -0.15) is 0 Å². The van der Waals surface area contributed by atoms with Gasteiger partial charge in [-0.1, -0.05) is 12.1 Å². The molecule has 1 amide bonds. The summed E-state index contributed by atoms with van der Waals surface area (Å²) < 4.78 is 0. The summed E-state index contributed by atoms with van der Waals surface area (Å²) in [6, 6.07) is 2.75. The highest BCUT2D eigenvalue weighted by molar-refractivity contribution is 5.94. The maximum Gasteiger partial charge on any atom is 0.253 e. The van der Waals surface area contributed by atoms with E-state index in [2.05, 4.69) is 10.1 Å². The quantitative estimate of drug-likeness (QED) is 0.299. The number of rotatable bonds is 4. The Bertz CT molecular complexity index is 509. The molecule has 0 radical (unpaired) electrons. The average molecular weight is 252 g/mol. The maximum atomic E-state index is 12.0. The van der Waals surface area contributed by atoms with Crippen LogP contribution in [0.5, 0.6) is 0 Å². The average Bonchev–Trinajstić information content (AvgIpc) is 2.36. The number of amidine groups is 1. The van der Waals surface area contributed by atoms with Gasteiger partial charge in [-0.05, 0) is 6.07 Å². The lowest BCUT2D eigenvalue weighted by atomic mass is 10.1. The minimum absolute atomic E-state index is 0.0561. The first kappa shape index (κ1) is 13.8. The second kappa shape index (κ2) is 5.85. The molecule has 7 nitrogen and oxygen atoms in total. The molecular weight excluding hydrogens is 236 g/mol. The van der Waals surface area contributed by atoms with Crippen LogP contribution in [0.1, 0.15) is 17.3 Å². The Morgan fingerprint density at radius 1 is 1.67 bits per heavy atom. The van der Waals surface area contributed by atoms with Crippen LogP contribution in [0, 0.1) is 5.92 Å². The topological polar surface area (TPSA) is 112 Å². The first-order valence-electron chi connectivity index (χ1n) is 5.37. The van der Waals surface area contributed by atoms with Crippen molar-refractivity contribution in [1.29, 1.82) is 0 Å². The van der Waals surface area contributed by atoms with E-state index in [0.29, 0.717) is 12.1 Å². The van der Waals surface area contributed by atoms with Crippen LogP contribution in [0.2, 0.25) is 0 Å². The molecule has 0 bridgehead atoms. The van der Waals surface area contributed by atoms with E-state index in [1.54, 1.807) is 14.0 Å². The van der Waals surface area contributed by atoms with Crippen LogP contribution in [0.4, 0.5) is 0 Å². The lowest BCUT2D eigenvalue weighted by Gasteiger charge is -2.20. The summed E-state index contributed by atoms with van der Waals surface area (Å²) in [7, 11) is 1.59. The van der Waals surface area contributed by atoms with Crippen molar-refractivity contribution in [3.05, 3.63) is 34.2 Å². The van der Waals surface area contributed by atoms with Gasteiger partial charge in [0.1, 0.15) is 5.84 Å². The first-order chi connectivity index (χ1) is 8.45. The van der Waals surface area contributed by atoms with Crippen LogP contribution in [0.3, 0.4) is 0 Å². The molecule has 0 saturated heterocycles. The Morgan fingerprint density at radius 2 is 2.33 bits per heavy atom. The van der Waals surface area contributed by atoms with Gasteiger partial charge in [0.2, 0.25) is 5.56 Å². The van der Waals surface area contributed by atoms with E-state index in [1.165, 1.54) is 23.2 Å². The zero-order valence-electron chi connectivity index (χ0n) is 10.3. The molecule has 4 N–H and O–H groups in total. The van der Waals surface area contributed by atoms with Gasteiger partial charge < -0.3 is 20.8 Å². The fourth-order valence-electron chi connectivity index (χ4n) is 1.48. The van der Waals surface area contributed by atoms with Crippen molar-refractivity contribution in [3.63, 3.8) is 0 Å². The largest absolute Gasteiger partial charge is 0.409 e. The molecule has 1 rings (SSSR count). The second-order valence-corrected chi connectivity index (χ2v) is 4.05. The predicted molar refractivity (Wildman–Crippen MR) is 66.6 cm³/mol. The van der Waals surface area contributed by atoms with Gasteiger partial charge in [0.15, 0.2) is 0 Å². The Labute approximate surface area is 104 Å². The van der Waals surface area contributed by atoms with Crippen LogP contribution in [0.25, 0.3) is 0 Å². The maximum absolute atomic E-state index is 12.0. The summed E-state index contributed by atoms with van der Waals surface area (Å²) in [5, 5.41) is 11.4. The van der Waals surface area contributed by atoms with E-state index in [0.717, 1.165) is 0 Å². The molecule has 0 aromatic carbocycles. The molecule has 1 aromatic rings. The Kier molecular flexibility index (Phi) is 4.47. The van der Waals surface area contributed by atoms with Crippen LogP contribution in [-0.2, 0) is 0 Å². The summed E-state index contributed by atoms with van der Waals surface area (Å²) in [6.07, 6.45) is 1.41. The van der Waals surface area contributed by atoms with Crippen molar-refractivity contribution in [2.75, 3.05) is 13.6 Å². The van der Waals surface area contributed by atoms with E-state index in [4.69, 9.17) is 10.9 Å². The number of carbonyl (C=O) groups excluding carboxylic acids is 1. The lowest BCUT2D eigenvalue weighted by Crippen LogP contribution is -2.36. The van der Waals surface area contributed by atoms with Gasteiger partial charge >= 0.3 is 0 Å². The number of nitrogens with one attached hydrogen (secondary N) is 1. The highest BCUT2D eigenvalue weighted by atomic mass is 16.4. The SMILES string of the molecule is CC(CN(C)C(=O)c1cc[nH]c(=O)c1)/C(N)=N/O. The molecule has 1 aromatic heterocycles. The Balaban J connectivity index is 2.76. The van der Waals surface area contributed by atoms with E-state index in [1.807, 2.05) is 0 Å². The molecule has 0 saturated carbocycles. The molecule has 1 unspecified atom stereocenters. The molecular formula is C11H16N4O3. The molecule has 1 atom stereocenters. The van der Waals surface area contributed by atoms with Gasteiger partial charge in [-0.25, -0.2) is 0 Å². The molecule has 0 aliphatic rings.